The van der Waals surface area contributed by atoms with Crippen LogP contribution in [0.15, 0.2) is 54.1 Å². The fourth-order valence-corrected chi connectivity index (χ4v) is 4.32. The minimum atomic E-state index is -1.78. The second kappa shape index (κ2) is 7.31. The summed E-state index contributed by atoms with van der Waals surface area (Å²) in [6.45, 7) is 0.510. The monoisotopic (exact) mass is 423 g/mol. The van der Waals surface area contributed by atoms with Crippen molar-refractivity contribution >= 4 is 29.0 Å². The number of amides is 2. The fourth-order valence-electron chi connectivity index (χ4n) is 4.32. The summed E-state index contributed by atoms with van der Waals surface area (Å²) < 4.78 is 13.4. The normalized spacial score (nSPS) is 22.2. The number of anilines is 1. The molecule has 2 heterocycles. The maximum atomic E-state index is 13.7. The van der Waals surface area contributed by atoms with Crippen molar-refractivity contribution in [1.29, 1.82) is 0 Å². The number of rotatable bonds is 4. The Balaban J connectivity index is 2.04. The standard InChI is InChI=1S/C23H22FN3O4/c1-25(2)12-13-27-21(30)20(29)18(19(28)14-8-10-15(24)11-9-14)23(27)16-6-4-5-7-17(16)26(3)22(23)31/h4-11,28H,12-13H2,1-3H3/b19-18+. The number of carbonyl (C=O) groups excluding carboxylic acids is 3. The van der Waals surface area contributed by atoms with E-state index in [-0.39, 0.29) is 17.7 Å². The highest BCUT2D eigenvalue weighted by Crippen LogP contribution is 2.53. The molecule has 7 nitrogen and oxygen atoms in total. The van der Waals surface area contributed by atoms with Crippen LogP contribution in [0.2, 0.25) is 0 Å². The van der Waals surface area contributed by atoms with E-state index in [1.54, 1.807) is 31.3 Å². The van der Waals surface area contributed by atoms with Crippen LogP contribution in [0.4, 0.5) is 10.1 Å². The Labute approximate surface area is 179 Å². The number of benzene rings is 2. The van der Waals surface area contributed by atoms with Crippen molar-refractivity contribution < 1.29 is 23.9 Å². The van der Waals surface area contributed by atoms with Crippen molar-refractivity contribution in [3.63, 3.8) is 0 Å². The van der Waals surface area contributed by atoms with Gasteiger partial charge in [0.15, 0.2) is 5.54 Å². The van der Waals surface area contributed by atoms with Crippen molar-refractivity contribution in [1.82, 2.24) is 9.80 Å². The largest absolute Gasteiger partial charge is 0.507 e. The fraction of sp³-hybridized carbons (Fsp3) is 0.261. The molecule has 31 heavy (non-hydrogen) atoms. The summed E-state index contributed by atoms with van der Waals surface area (Å²) in [7, 11) is 5.20. The maximum absolute atomic E-state index is 13.7. The molecule has 0 bridgehead atoms. The van der Waals surface area contributed by atoms with Crippen LogP contribution in [0.1, 0.15) is 11.1 Å². The highest BCUT2D eigenvalue weighted by Gasteiger charge is 2.66. The molecule has 1 fully saturated rings. The Kier molecular flexibility index (Phi) is 4.89. The molecule has 4 rings (SSSR count). The van der Waals surface area contributed by atoms with Crippen LogP contribution in [0, 0.1) is 5.82 Å². The molecule has 160 valence electrons. The molecule has 1 saturated heterocycles. The topological polar surface area (TPSA) is 81.2 Å². The zero-order chi connectivity index (χ0) is 22.5. The molecule has 0 saturated carbocycles. The molecule has 1 unspecified atom stereocenters. The third kappa shape index (κ3) is 2.86. The van der Waals surface area contributed by atoms with E-state index in [9.17, 15) is 23.9 Å². The first-order valence-corrected chi connectivity index (χ1v) is 9.79. The molecule has 1 N–H and O–H groups in total. The number of Topliss-reactive ketones (excluding diaryl/α,β-unsaturated/α-hetero) is 1. The van der Waals surface area contributed by atoms with Crippen LogP contribution in [0.25, 0.3) is 5.76 Å². The van der Waals surface area contributed by atoms with Crippen LogP contribution in [-0.4, -0.2) is 66.7 Å². The highest BCUT2D eigenvalue weighted by molar-refractivity contribution is 6.50. The predicted molar refractivity (Wildman–Crippen MR) is 113 cm³/mol. The summed E-state index contributed by atoms with van der Waals surface area (Å²) in [5.41, 5.74) is -0.942. The van der Waals surface area contributed by atoms with Gasteiger partial charge in [0.1, 0.15) is 11.6 Å². The molecular formula is C23H22FN3O4. The first kappa shape index (κ1) is 20.7. The van der Waals surface area contributed by atoms with Gasteiger partial charge in [0.2, 0.25) is 0 Å². The third-order valence-electron chi connectivity index (χ3n) is 5.83. The number of carbonyl (C=O) groups is 3. The lowest BCUT2D eigenvalue weighted by Crippen LogP contribution is -2.52. The van der Waals surface area contributed by atoms with Gasteiger partial charge in [-0.3, -0.25) is 14.4 Å². The molecule has 2 aromatic rings. The van der Waals surface area contributed by atoms with E-state index in [1.807, 2.05) is 19.0 Å². The molecule has 0 aliphatic carbocycles. The molecule has 0 aromatic heterocycles. The number of likely N-dealkylation sites (tertiary alicyclic amines) is 1. The zero-order valence-corrected chi connectivity index (χ0v) is 17.4. The minimum Gasteiger partial charge on any atom is -0.507 e. The molecule has 1 spiro atoms. The predicted octanol–water partition coefficient (Wildman–Crippen LogP) is 1.94. The maximum Gasteiger partial charge on any atom is 0.296 e. The third-order valence-corrected chi connectivity index (χ3v) is 5.83. The van der Waals surface area contributed by atoms with E-state index in [1.165, 1.54) is 21.9 Å². The summed E-state index contributed by atoms with van der Waals surface area (Å²) in [4.78, 5) is 44.5. The SMILES string of the molecule is CN(C)CCN1C(=O)C(=O)/C(=C(\O)c2ccc(F)cc2)C12C(=O)N(C)c1ccccc12. The van der Waals surface area contributed by atoms with Crippen LogP contribution in [0.5, 0.6) is 0 Å². The lowest BCUT2D eigenvalue weighted by molar-refractivity contribution is -0.143. The van der Waals surface area contributed by atoms with Gasteiger partial charge in [-0.25, -0.2) is 4.39 Å². The van der Waals surface area contributed by atoms with Crippen molar-refractivity contribution in [2.75, 3.05) is 39.1 Å². The van der Waals surface area contributed by atoms with E-state index in [2.05, 4.69) is 0 Å². The van der Waals surface area contributed by atoms with Crippen LogP contribution < -0.4 is 4.90 Å². The summed E-state index contributed by atoms with van der Waals surface area (Å²) in [5, 5.41) is 11.1. The van der Waals surface area contributed by atoms with E-state index in [4.69, 9.17) is 0 Å². The number of hydrogen-bond donors (Lipinski definition) is 1. The average molecular weight is 423 g/mol. The Hall–Kier alpha value is -3.52. The van der Waals surface area contributed by atoms with Crippen molar-refractivity contribution in [3.8, 4) is 0 Å². The molecule has 2 amide bonds. The number of nitrogens with zero attached hydrogens (tertiary/aromatic N) is 3. The summed E-state index contributed by atoms with van der Waals surface area (Å²) >= 11 is 0. The lowest BCUT2D eigenvalue weighted by Gasteiger charge is -2.34. The van der Waals surface area contributed by atoms with Crippen molar-refractivity contribution in [3.05, 3.63) is 71.0 Å². The van der Waals surface area contributed by atoms with E-state index < -0.39 is 34.7 Å². The number of hydrogen-bond acceptors (Lipinski definition) is 5. The molecule has 8 heteroatoms. The highest BCUT2D eigenvalue weighted by atomic mass is 19.1. The molecule has 2 aliphatic rings. The van der Waals surface area contributed by atoms with Gasteiger partial charge < -0.3 is 19.8 Å². The number of para-hydroxylation sites is 1. The van der Waals surface area contributed by atoms with Crippen LogP contribution in [0.3, 0.4) is 0 Å². The smallest absolute Gasteiger partial charge is 0.296 e. The molecule has 0 radical (unpaired) electrons. The second-order valence-electron chi connectivity index (χ2n) is 7.91. The van der Waals surface area contributed by atoms with E-state index in [0.717, 1.165) is 12.1 Å². The second-order valence-corrected chi connectivity index (χ2v) is 7.91. The lowest BCUT2D eigenvalue weighted by atomic mass is 9.82. The van der Waals surface area contributed by atoms with Crippen LogP contribution in [-0.2, 0) is 19.9 Å². The number of likely N-dealkylation sites (N-methyl/N-ethyl adjacent to an activating group) is 2. The van der Waals surface area contributed by atoms with Gasteiger partial charge in [0, 0.05) is 37.0 Å². The quantitative estimate of drug-likeness (QED) is 0.462. The van der Waals surface area contributed by atoms with E-state index >= 15 is 0 Å². The zero-order valence-electron chi connectivity index (χ0n) is 17.4. The Morgan fingerprint density at radius 2 is 1.71 bits per heavy atom. The van der Waals surface area contributed by atoms with Gasteiger partial charge >= 0.3 is 0 Å². The molecule has 2 aliphatic heterocycles. The number of halogens is 1. The number of aliphatic hydroxyl groups is 1. The van der Waals surface area contributed by atoms with Gasteiger partial charge in [-0.2, -0.15) is 0 Å². The summed E-state index contributed by atoms with van der Waals surface area (Å²) in [6.07, 6.45) is 0. The van der Waals surface area contributed by atoms with Gasteiger partial charge in [-0.05, 0) is 44.4 Å². The van der Waals surface area contributed by atoms with E-state index in [0.29, 0.717) is 17.8 Å². The first-order valence-electron chi connectivity index (χ1n) is 9.79. The van der Waals surface area contributed by atoms with Crippen LogP contribution >= 0.6 is 0 Å². The van der Waals surface area contributed by atoms with Gasteiger partial charge in [-0.1, -0.05) is 18.2 Å². The van der Waals surface area contributed by atoms with Gasteiger partial charge in [0.25, 0.3) is 17.6 Å². The molecular weight excluding hydrogens is 401 g/mol. The number of ketones is 1. The first-order chi connectivity index (χ1) is 14.7. The Bertz CT molecular complexity index is 1130. The van der Waals surface area contributed by atoms with Gasteiger partial charge in [-0.15, -0.1) is 0 Å². The number of fused-ring (bicyclic) bond motifs is 2. The Morgan fingerprint density at radius 1 is 1.06 bits per heavy atom. The minimum absolute atomic E-state index is 0.103. The Morgan fingerprint density at radius 3 is 2.35 bits per heavy atom. The molecule has 2 aromatic carbocycles. The summed E-state index contributed by atoms with van der Waals surface area (Å²) in [5.74, 6) is -3.33. The number of aliphatic hydroxyl groups excluding tert-OH is 1. The van der Waals surface area contributed by atoms with Crippen molar-refractivity contribution in [2.45, 2.75) is 5.54 Å². The van der Waals surface area contributed by atoms with Crippen molar-refractivity contribution in [2.24, 2.45) is 0 Å². The summed E-state index contributed by atoms with van der Waals surface area (Å²) in [6, 6.07) is 11.8. The molecule has 1 atom stereocenters. The van der Waals surface area contributed by atoms with Gasteiger partial charge in [0.05, 0.1) is 5.57 Å². The average Bonchev–Trinajstić information content (AvgIpc) is 3.11.